The molecule has 1 rings (SSSR count). The van der Waals surface area contributed by atoms with Crippen LogP contribution in [0.2, 0.25) is 0 Å². The second-order valence-corrected chi connectivity index (χ2v) is 3.28. The number of carbonyl (C=O) groups is 1. The Morgan fingerprint density at radius 1 is 1.19 bits per heavy atom. The highest BCUT2D eigenvalue weighted by Crippen LogP contribution is 2.28. The number of phenolic OH excluding ortho intramolecular Hbond substituents is 2. The van der Waals surface area contributed by atoms with Gasteiger partial charge in [-0.3, -0.25) is 4.79 Å². The molecule has 0 radical (unpaired) electrons. The van der Waals surface area contributed by atoms with Crippen LogP contribution in [0.15, 0.2) is 18.2 Å². The van der Waals surface area contributed by atoms with Gasteiger partial charge in [0.25, 0.3) is 0 Å². The topological polar surface area (TPSA) is 144 Å². The van der Waals surface area contributed by atoms with Gasteiger partial charge in [-0.15, -0.1) is 0 Å². The Bertz CT molecular complexity index is 396. The first-order valence-electron chi connectivity index (χ1n) is 4.21. The number of aliphatic carboxylic acids is 1. The molecular weight excluding hydrogens is 218 g/mol. The van der Waals surface area contributed by atoms with Gasteiger partial charge in [0.05, 0.1) is 0 Å². The van der Waals surface area contributed by atoms with Gasteiger partial charge >= 0.3 is 5.97 Å². The van der Waals surface area contributed by atoms with E-state index in [2.05, 4.69) is 0 Å². The molecule has 7 N–H and O–H groups in total. The molecule has 0 aliphatic carbocycles. The van der Waals surface area contributed by atoms with Crippen LogP contribution in [0.25, 0.3) is 0 Å². The van der Waals surface area contributed by atoms with Crippen LogP contribution in [0.4, 0.5) is 0 Å². The highest BCUT2D eigenvalue weighted by Gasteiger charge is 2.39. The largest absolute Gasteiger partial charge is 0.508 e. The fourth-order valence-corrected chi connectivity index (χ4v) is 1.16. The number of nitrogens with two attached hydrogens (primary N) is 1. The average molecular weight is 229 g/mol. The van der Waals surface area contributed by atoms with Gasteiger partial charge in [0.15, 0.2) is 6.04 Å². The summed E-state index contributed by atoms with van der Waals surface area (Å²) in [5.74, 6) is -5.41. The van der Waals surface area contributed by atoms with E-state index in [9.17, 15) is 15.0 Å². The molecule has 0 aliphatic rings. The third-order valence-electron chi connectivity index (χ3n) is 2.03. The van der Waals surface area contributed by atoms with Gasteiger partial charge in [-0.25, -0.2) is 0 Å². The first-order chi connectivity index (χ1) is 7.25. The lowest BCUT2D eigenvalue weighted by atomic mass is 9.98. The van der Waals surface area contributed by atoms with Crippen LogP contribution in [0.5, 0.6) is 11.5 Å². The quantitative estimate of drug-likeness (QED) is 0.351. The number of aliphatic hydroxyl groups is 2. The fraction of sp³-hybridized carbons (Fsp3) is 0.222. The van der Waals surface area contributed by atoms with Crippen LogP contribution in [0.3, 0.4) is 0 Å². The Hall–Kier alpha value is -1.83. The zero-order valence-electron chi connectivity index (χ0n) is 8.03. The van der Waals surface area contributed by atoms with Crippen LogP contribution in [-0.4, -0.2) is 37.5 Å². The first-order valence-corrected chi connectivity index (χ1v) is 4.21. The van der Waals surface area contributed by atoms with E-state index in [1.54, 1.807) is 0 Å². The molecule has 0 fully saturated rings. The third-order valence-corrected chi connectivity index (χ3v) is 2.03. The van der Waals surface area contributed by atoms with Crippen molar-refractivity contribution >= 4 is 5.97 Å². The Kier molecular flexibility index (Phi) is 3.04. The summed E-state index contributed by atoms with van der Waals surface area (Å²) in [6.07, 6.45) is 0. The van der Waals surface area contributed by atoms with Gasteiger partial charge in [0, 0.05) is 11.6 Å². The molecule has 1 aromatic rings. The molecule has 1 unspecified atom stereocenters. The lowest BCUT2D eigenvalue weighted by molar-refractivity contribution is -0.197. The molecule has 88 valence electrons. The minimum Gasteiger partial charge on any atom is -0.508 e. The molecule has 0 amide bonds. The molecule has 0 spiro atoms. The Labute approximate surface area is 90.0 Å². The second kappa shape index (κ2) is 3.97. The Morgan fingerprint density at radius 3 is 2.00 bits per heavy atom. The molecular formula is C9H11NO6. The molecule has 16 heavy (non-hydrogen) atoms. The SMILES string of the molecule is NC(C(=O)O)C(O)(O)c1cc(O)cc(O)c1. The molecule has 1 aromatic carbocycles. The summed E-state index contributed by atoms with van der Waals surface area (Å²) in [5.41, 5.74) is 4.65. The number of carboxylic acids is 1. The number of phenols is 2. The van der Waals surface area contributed by atoms with Gasteiger partial charge in [-0.2, -0.15) is 0 Å². The van der Waals surface area contributed by atoms with Gasteiger partial charge in [0.2, 0.25) is 5.79 Å². The zero-order chi connectivity index (χ0) is 12.5. The van der Waals surface area contributed by atoms with Crippen molar-refractivity contribution in [1.82, 2.24) is 0 Å². The Morgan fingerprint density at radius 2 is 1.62 bits per heavy atom. The van der Waals surface area contributed by atoms with E-state index in [1.165, 1.54) is 0 Å². The molecule has 0 aromatic heterocycles. The third kappa shape index (κ3) is 2.22. The van der Waals surface area contributed by atoms with Crippen molar-refractivity contribution in [3.63, 3.8) is 0 Å². The Balaban J connectivity index is 3.20. The summed E-state index contributed by atoms with van der Waals surface area (Å²) < 4.78 is 0. The van der Waals surface area contributed by atoms with Gasteiger partial charge in [-0.1, -0.05) is 0 Å². The summed E-state index contributed by atoms with van der Waals surface area (Å²) >= 11 is 0. The normalized spacial score (nSPS) is 13.4. The highest BCUT2D eigenvalue weighted by atomic mass is 16.5. The summed E-state index contributed by atoms with van der Waals surface area (Å²) in [6, 6.07) is 0.727. The number of aromatic hydroxyl groups is 2. The van der Waals surface area contributed by atoms with Crippen molar-refractivity contribution < 1.29 is 30.3 Å². The van der Waals surface area contributed by atoms with E-state index >= 15 is 0 Å². The van der Waals surface area contributed by atoms with Gasteiger partial charge in [-0.05, 0) is 12.1 Å². The summed E-state index contributed by atoms with van der Waals surface area (Å²) in [4.78, 5) is 10.5. The number of hydrogen-bond acceptors (Lipinski definition) is 6. The molecule has 7 heteroatoms. The smallest absolute Gasteiger partial charge is 0.326 e. The van der Waals surface area contributed by atoms with Crippen LogP contribution < -0.4 is 5.73 Å². The van der Waals surface area contributed by atoms with E-state index < -0.39 is 34.9 Å². The fourth-order valence-electron chi connectivity index (χ4n) is 1.16. The van der Waals surface area contributed by atoms with Crippen molar-refractivity contribution in [3.8, 4) is 11.5 Å². The van der Waals surface area contributed by atoms with Crippen molar-refractivity contribution in [3.05, 3.63) is 23.8 Å². The predicted octanol–water partition coefficient (Wildman–Crippen LogP) is -1.35. The monoisotopic (exact) mass is 229 g/mol. The van der Waals surface area contributed by atoms with E-state index in [0.29, 0.717) is 0 Å². The highest BCUT2D eigenvalue weighted by molar-refractivity contribution is 5.75. The summed E-state index contributed by atoms with van der Waals surface area (Å²) in [5, 5.41) is 45.8. The average Bonchev–Trinajstić information content (AvgIpc) is 2.14. The number of rotatable bonds is 3. The standard InChI is InChI=1S/C9H11NO6/c10-7(8(13)14)9(15,16)4-1-5(11)3-6(12)2-4/h1-3,7,11-12,15-16H,10H2,(H,13,14). The molecule has 7 nitrogen and oxygen atoms in total. The van der Waals surface area contributed by atoms with Crippen molar-refractivity contribution in [2.24, 2.45) is 5.73 Å². The van der Waals surface area contributed by atoms with Crippen LogP contribution in [-0.2, 0) is 10.6 Å². The predicted molar refractivity (Wildman–Crippen MR) is 51.5 cm³/mol. The van der Waals surface area contributed by atoms with Crippen molar-refractivity contribution in [2.75, 3.05) is 0 Å². The lowest BCUT2D eigenvalue weighted by Gasteiger charge is -2.25. The molecule has 0 bridgehead atoms. The van der Waals surface area contributed by atoms with E-state index in [0.717, 1.165) is 18.2 Å². The van der Waals surface area contributed by atoms with Crippen LogP contribution in [0.1, 0.15) is 5.56 Å². The number of hydrogen-bond donors (Lipinski definition) is 6. The minimum atomic E-state index is -2.89. The van der Waals surface area contributed by atoms with E-state index in [1.807, 2.05) is 0 Å². The number of benzene rings is 1. The maximum absolute atomic E-state index is 10.5. The van der Waals surface area contributed by atoms with E-state index in [4.69, 9.17) is 21.1 Å². The minimum absolute atomic E-state index is 0.417. The van der Waals surface area contributed by atoms with Crippen LogP contribution >= 0.6 is 0 Å². The van der Waals surface area contributed by atoms with Crippen LogP contribution in [0, 0.1) is 0 Å². The maximum Gasteiger partial charge on any atom is 0.326 e. The van der Waals surface area contributed by atoms with Gasteiger partial charge in [0.1, 0.15) is 11.5 Å². The second-order valence-electron chi connectivity index (χ2n) is 3.28. The number of carboxylic acid groups (broad SMARTS) is 1. The molecule has 0 aliphatic heterocycles. The molecule has 0 saturated carbocycles. The molecule has 0 heterocycles. The summed E-state index contributed by atoms with van der Waals surface area (Å²) in [7, 11) is 0. The van der Waals surface area contributed by atoms with Gasteiger partial charge < -0.3 is 31.3 Å². The lowest BCUT2D eigenvalue weighted by Crippen LogP contribution is -2.50. The molecule has 0 saturated heterocycles. The summed E-state index contributed by atoms with van der Waals surface area (Å²) in [6.45, 7) is 0. The first kappa shape index (κ1) is 12.2. The molecule has 1 atom stereocenters. The zero-order valence-corrected chi connectivity index (χ0v) is 8.03. The van der Waals surface area contributed by atoms with Crippen molar-refractivity contribution in [1.29, 1.82) is 0 Å². The van der Waals surface area contributed by atoms with E-state index in [-0.39, 0.29) is 0 Å². The van der Waals surface area contributed by atoms with Crippen molar-refractivity contribution in [2.45, 2.75) is 11.8 Å². The maximum atomic E-state index is 10.5.